The number of ether oxygens (including phenoxy) is 1. The van der Waals surface area contributed by atoms with E-state index in [-0.39, 0.29) is 6.54 Å². The van der Waals surface area contributed by atoms with Crippen LogP contribution >= 0.6 is 0 Å². The third-order valence-electron chi connectivity index (χ3n) is 2.22. The number of nitrogens with one attached hydrogen (secondary N) is 2. The standard InChI is InChI=1S/C12H17F3N4O/c1-16-11(18-6-4-12(13,14)15)19-7-8-20-10-3-2-5-17-9-10/h2-3,5,9H,4,6-8H2,1H3,(H2,16,18,19). The molecule has 0 saturated heterocycles. The second kappa shape index (κ2) is 8.23. The minimum Gasteiger partial charge on any atom is -0.490 e. The number of hydrogen-bond donors (Lipinski definition) is 2. The number of alkyl halides is 3. The van der Waals surface area contributed by atoms with Gasteiger partial charge in [-0.15, -0.1) is 0 Å². The largest absolute Gasteiger partial charge is 0.490 e. The van der Waals surface area contributed by atoms with Crippen LogP contribution in [-0.2, 0) is 0 Å². The Balaban J connectivity index is 2.16. The summed E-state index contributed by atoms with van der Waals surface area (Å²) in [5.74, 6) is 0.943. The Hall–Kier alpha value is -1.99. The van der Waals surface area contributed by atoms with E-state index in [2.05, 4.69) is 20.6 Å². The summed E-state index contributed by atoms with van der Waals surface area (Å²) in [7, 11) is 1.49. The molecule has 1 aromatic rings. The molecule has 1 aromatic heterocycles. The van der Waals surface area contributed by atoms with Crippen molar-refractivity contribution in [3.8, 4) is 5.75 Å². The SMILES string of the molecule is CN=C(NCCOc1cccnc1)NCCC(F)(F)F. The van der Waals surface area contributed by atoms with Gasteiger partial charge in [0, 0.05) is 19.8 Å². The van der Waals surface area contributed by atoms with Crippen molar-refractivity contribution in [1.29, 1.82) is 0 Å². The van der Waals surface area contributed by atoms with Crippen molar-refractivity contribution in [2.24, 2.45) is 4.99 Å². The normalized spacial score (nSPS) is 12.1. The Bertz CT molecular complexity index is 409. The summed E-state index contributed by atoms with van der Waals surface area (Å²) < 4.78 is 41.3. The lowest BCUT2D eigenvalue weighted by Crippen LogP contribution is -2.40. The number of rotatable bonds is 6. The van der Waals surface area contributed by atoms with Crippen molar-refractivity contribution in [1.82, 2.24) is 15.6 Å². The predicted molar refractivity (Wildman–Crippen MR) is 69.8 cm³/mol. The van der Waals surface area contributed by atoms with E-state index < -0.39 is 12.6 Å². The van der Waals surface area contributed by atoms with Gasteiger partial charge in [-0.25, -0.2) is 0 Å². The molecule has 0 spiro atoms. The predicted octanol–water partition coefficient (Wildman–Crippen LogP) is 1.58. The van der Waals surface area contributed by atoms with Gasteiger partial charge >= 0.3 is 6.18 Å². The summed E-state index contributed by atoms with van der Waals surface area (Å²) in [6, 6.07) is 3.52. The highest BCUT2D eigenvalue weighted by Crippen LogP contribution is 2.17. The van der Waals surface area contributed by atoms with Gasteiger partial charge in [-0.2, -0.15) is 13.2 Å². The molecule has 20 heavy (non-hydrogen) atoms. The fourth-order valence-corrected chi connectivity index (χ4v) is 1.31. The van der Waals surface area contributed by atoms with Crippen molar-refractivity contribution in [3.63, 3.8) is 0 Å². The summed E-state index contributed by atoms with van der Waals surface area (Å²) in [6.07, 6.45) is -1.86. The van der Waals surface area contributed by atoms with Crippen LogP contribution in [-0.4, -0.2) is 43.9 Å². The van der Waals surface area contributed by atoms with Crippen molar-refractivity contribution < 1.29 is 17.9 Å². The molecule has 0 amide bonds. The molecule has 1 rings (SSSR count). The van der Waals surface area contributed by atoms with E-state index in [0.717, 1.165) is 0 Å². The first-order valence-electron chi connectivity index (χ1n) is 6.05. The van der Waals surface area contributed by atoms with Gasteiger partial charge in [0.15, 0.2) is 5.96 Å². The second-order valence-corrected chi connectivity index (χ2v) is 3.83. The molecule has 112 valence electrons. The molecule has 2 N–H and O–H groups in total. The molecule has 0 saturated carbocycles. The Labute approximate surface area is 115 Å². The van der Waals surface area contributed by atoms with Gasteiger partial charge < -0.3 is 15.4 Å². The van der Waals surface area contributed by atoms with Gasteiger partial charge in [0.25, 0.3) is 0 Å². The van der Waals surface area contributed by atoms with E-state index in [1.54, 1.807) is 24.5 Å². The van der Waals surface area contributed by atoms with Crippen molar-refractivity contribution in [2.75, 3.05) is 26.7 Å². The van der Waals surface area contributed by atoms with E-state index in [4.69, 9.17) is 4.74 Å². The van der Waals surface area contributed by atoms with Crippen LogP contribution in [0.15, 0.2) is 29.5 Å². The Kier molecular flexibility index (Phi) is 6.61. The third kappa shape index (κ3) is 7.45. The Morgan fingerprint density at radius 1 is 1.35 bits per heavy atom. The summed E-state index contributed by atoms with van der Waals surface area (Å²) in [4.78, 5) is 7.70. The molecule has 0 aliphatic rings. The molecular formula is C12H17F3N4O. The molecule has 0 unspecified atom stereocenters. The zero-order valence-corrected chi connectivity index (χ0v) is 11.1. The molecule has 0 aliphatic carbocycles. The average Bonchev–Trinajstić information content (AvgIpc) is 2.41. The van der Waals surface area contributed by atoms with Crippen molar-refractivity contribution in [2.45, 2.75) is 12.6 Å². The highest BCUT2D eigenvalue weighted by molar-refractivity contribution is 5.79. The third-order valence-corrected chi connectivity index (χ3v) is 2.22. The number of nitrogens with zero attached hydrogens (tertiary/aromatic N) is 2. The average molecular weight is 290 g/mol. The zero-order valence-electron chi connectivity index (χ0n) is 11.1. The topological polar surface area (TPSA) is 58.5 Å². The molecule has 0 aliphatic heterocycles. The number of aliphatic imine (C=N–C) groups is 1. The van der Waals surface area contributed by atoms with Crippen LogP contribution in [0, 0.1) is 0 Å². The smallest absolute Gasteiger partial charge is 0.390 e. The fourth-order valence-electron chi connectivity index (χ4n) is 1.31. The quantitative estimate of drug-likeness (QED) is 0.474. The summed E-state index contributed by atoms with van der Waals surface area (Å²) in [5, 5.41) is 5.43. The number of hydrogen-bond acceptors (Lipinski definition) is 3. The molecule has 8 heteroatoms. The summed E-state index contributed by atoms with van der Waals surface area (Å²) >= 11 is 0. The molecule has 0 bridgehead atoms. The first-order chi connectivity index (χ1) is 9.51. The van der Waals surface area contributed by atoms with Crippen LogP contribution in [0.3, 0.4) is 0 Å². The Morgan fingerprint density at radius 2 is 2.10 bits per heavy atom. The van der Waals surface area contributed by atoms with Crippen LogP contribution < -0.4 is 15.4 Å². The maximum atomic E-state index is 12.0. The van der Waals surface area contributed by atoms with Crippen LogP contribution in [0.2, 0.25) is 0 Å². The van der Waals surface area contributed by atoms with Crippen LogP contribution in [0.25, 0.3) is 0 Å². The minimum atomic E-state index is -4.17. The van der Waals surface area contributed by atoms with Crippen LogP contribution in [0.1, 0.15) is 6.42 Å². The fraction of sp³-hybridized carbons (Fsp3) is 0.500. The van der Waals surface area contributed by atoms with E-state index in [0.29, 0.717) is 24.9 Å². The van der Waals surface area contributed by atoms with Gasteiger partial charge in [-0.05, 0) is 12.1 Å². The van der Waals surface area contributed by atoms with Gasteiger partial charge in [0.1, 0.15) is 12.4 Å². The van der Waals surface area contributed by atoms with Gasteiger partial charge in [0.05, 0.1) is 19.2 Å². The molecule has 0 aromatic carbocycles. The highest BCUT2D eigenvalue weighted by Gasteiger charge is 2.26. The lowest BCUT2D eigenvalue weighted by atomic mass is 10.4. The van der Waals surface area contributed by atoms with Gasteiger partial charge in [-0.1, -0.05) is 0 Å². The first-order valence-corrected chi connectivity index (χ1v) is 6.05. The maximum Gasteiger partial charge on any atom is 0.390 e. The number of guanidine groups is 1. The first kappa shape index (κ1) is 16.1. The van der Waals surface area contributed by atoms with E-state index in [9.17, 15) is 13.2 Å². The van der Waals surface area contributed by atoms with E-state index in [1.165, 1.54) is 7.05 Å². The second-order valence-electron chi connectivity index (χ2n) is 3.83. The number of pyridine rings is 1. The van der Waals surface area contributed by atoms with Gasteiger partial charge in [0.2, 0.25) is 0 Å². The minimum absolute atomic E-state index is 0.216. The summed E-state index contributed by atoms with van der Waals surface area (Å²) in [6.45, 7) is 0.554. The molecule has 0 atom stereocenters. The molecule has 0 radical (unpaired) electrons. The van der Waals surface area contributed by atoms with Crippen molar-refractivity contribution >= 4 is 5.96 Å². The summed E-state index contributed by atoms with van der Waals surface area (Å²) in [5.41, 5.74) is 0. The molecule has 5 nitrogen and oxygen atoms in total. The van der Waals surface area contributed by atoms with Crippen LogP contribution in [0.4, 0.5) is 13.2 Å². The molecular weight excluding hydrogens is 273 g/mol. The highest BCUT2D eigenvalue weighted by atomic mass is 19.4. The Morgan fingerprint density at radius 3 is 2.70 bits per heavy atom. The van der Waals surface area contributed by atoms with E-state index >= 15 is 0 Å². The van der Waals surface area contributed by atoms with Gasteiger partial charge in [-0.3, -0.25) is 9.98 Å². The molecule has 1 heterocycles. The number of aromatic nitrogens is 1. The lowest BCUT2D eigenvalue weighted by molar-refractivity contribution is -0.132. The lowest BCUT2D eigenvalue weighted by Gasteiger charge is -2.13. The number of halogens is 3. The van der Waals surface area contributed by atoms with E-state index in [1.807, 2.05) is 0 Å². The maximum absolute atomic E-state index is 12.0. The monoisotopic (exact) mass is 290 g/mol. The zero-order chi connectivity index (χ0) is 14.8. The van der Waals surface area contributed by atoms with Crippen molar-refractivity contribution in [3.05, 3.63) is 24.5 Å². The van der Waals surface area contributed by atoms with Crippen LogP contribution in [0.5, 0.6) is 5.75 Å². The molecule has 0 fully saturated rings.